The largest absolute Gasteiger partial charge is 0.355 e. The molecule has 1 fully saturated rings. The molecule has 1 aliphatic rings. The predicted molar refractivity (Wildman–Crippen MR) is 93.5 cm³/mol. The molecule has 0 radical (unpaired) electrons. The second-order valence-electron chi connectivity index (χ2n) is 5.79. The maximum atomic E-state index is 12.5. The van der Waals surface area contributed by atoms with Crippen molar-refractivity contribution >= 4 is 17.2 Å². The Morgan fingerprint density at radius 3 is 3.08 bits per heavy atom. The Morgan fingerprint density at radius 1 is 1.38 bits per heavy atom. The highest BCUT2D eigenvalue weighted by Crippen LogP contribution is 2.23. The number of pyridine rings is 1. The van der Waals surface area contributed by atoms with Gasteiger partial charge in [-0.15, -0.1) is 16.4 Å². The summed E-state index contributed by atoms with van der Waals surface area (Å²) in [6.45, 7) is 1.04. The van der Waals surface area contributed by atoms with Crippen LogP contribution < -0.4 is 16.2 Å². The summed E-state index contributed by atoms with van der Waals surface area (Å²) < 4.78 is 1.53. The molecule has 11 heteroatoms. The number of aromatic nitrogens is 6. The molecule has 2 atom stereocenters. The molecule has 1 amide bonds. The second kappa shape index (κ2) is 7.64. The van der Waals surface area contributed by atoms with Crippen molar-refractivity contribution in [3.63, 3.8) is 0 Å². The number of amides is 1. The molecule has 3 N–H and O–H groups in total. The normalized spacial score (nSPS) is 19.5. The van der Waals surface area contributed by atoms with Gasteiger partial charge in [-0.05, 0) is 22.6 Å². The SMILES string of the molecule is O=C(NCCc1csc(-c2ccncc2)n1)C1CNNC1n1cnnn1. The molecule has 0 saturated carbocycles. The van der Waals surface area contributed by atoms with E-state index in [2.05, 4.69) is 41.7 Å². The van der Waals surface area contributed by atoms with Crippen LogP contribution in [0.5, 0.6) is 0 Å². The van der Waals surface area contributed by atoms with E-state index in [4.69, 9.17) is 0 Å². The van der Waals surface area contributed by atoms with Crippen LogP contribution >= 0.6 is 11.3 Å². The summed E-state index contributed by atoms with van der Waals surface area (Å²) in [5.41, 5.74) is 8.00. The lowest BCUT2D eigenvalue weighted by atomic mass is 10.1. The molecule has 0 aliphatic carbocycles. The van der Waals surface area contributed by atoms with Crippen molar-refractivity contribution in [2.45, 2.75) is 12.6 Å². The third kappa shape index (κ3) is 3.59. The molecular weight excluding hydrogens is 354 g/mol. The molecule has 1 aliphatic heterocycles. The van der Waals surface area contributed by atoms with E-state index in [-0.39, 0.29) is 18.0 Å². The molecule has 2 unspecified atom stereocenters. The Hall–Kier alpha value is -2.76. The van der Waals surface area contributed by atoms with Gasteiger partial charge >= 0.3 is 0 Å². The van der Waals surface area contributed by atoms with Gasteiger partial charge in [0.1, 0.15) is 17.5 Å². The molecule has 3 aromatic rings. The number of nitrogens with one attached hydrogen (secondary N) is 3. The first-order chi connectivity index (χ1) is 12.8. The minimum Gasteiger partial charge on any atom is -0.355 e. The number of rotatable bonds is 6. The molecular formula is C15H17N9OS. The second-order valence-corrected chi connectivity index (χ2v) is 6.65. The molecule has 0 bridgehead atoms. The fraction of sp³-hybridized carbons (Fsp3) is 0.333. The smallest absolute Gasteiger partial charge is 0.228 e. The van der Waals surface area contributed by atoms with E-state index in [1.807, 2.05) is 17.5 Å². The zero-order valence-electron chi connectivity index (χ0n) is 13.7. The number of nitrogens with zero attached hydrogens (tertiary/aromatic N) is 6. The van der Waals surface area contributed by atoms with Crippen LogP contribution in [0, 0.1) is 5.92 Å². The topological polar surface area (TPSA) is 123 Å². The molecule has 4 rings (SSSR count). The van der Waals surface area contributed by atoms with Crippen molar-refractivity contribution in [3.05, 3.63) is 41.9 Å². The van der Waals surface area contributed by atoms with Crippen LogP contribution in [0.15, 0.2) is 36.2 Å². The molecule has 0 aromatic carbocycles. The van der Waals surface area contributed by atoms with Crippen LogP contribution in [0.2, 0.25) is 0 Å². The van der Waals surface area contributed by atoms with Gasteiger partial charge in [0.25, 0.3) is 0 Å². The molecule has 4 heterocycles. The van der Waals surface area contributed by atoms with Gasteiger partial charge in [-0.1, -0.05) is 0 Å². The van der Waals surface area contributed by atoms with Gasteiger partial charge in [0.15, 0.2) is 0 Å². The van der Waals surface area contributed by atoms with E-state index in [1.54, 1.807) is 23.7 Å². The van der Waals surface area contributed by atoms with Gasteiger partial charge in [0.05, 0.1) is 11.6 Å². The molecule has 3 aromatic heterocycles. The first-order valence-electron chi connectivity index (χ1n) is 8.14. The fourth-order valence-corrected chi connectivity index (χ4v) is 3.62. The molecule has 10 nitrogen and oxygen atoms in total. The number of hydrogen-bond donors (Lipinski definition) is 3. The lowest BCUT2D eigenvalue weighted by Gasteiger charge is -2.17. The van der Waals surface area contributed by atoms with E-state index < -0.39 is 0 Å². The van der Waals surface area contributed by atoms with Crippen LogP contribution in [0.3, 0.4) is 0 Å². The number of carbonyl (C=O) groups excluding carboxylic acids is 1. The van der Waals surface area contributed by atoms with Crippen molar-refractivity contribution in [3.8, 4) is 10.6 Å². The van der Waals surface area contributed by atoms with E-state index in [9.17, 15) is 4.79 Å². The summed E-state index contributed by atoms with van der Waals surface area (Å²) in [6.07, 6.45) is 5.36. The number of tetrazole rings is 1. The van der Waals surface area contributed by atoms with Gasteiger partial charge < -0.3 is 5.32 Å². The average Bonchev–Trinajstić information content (AvgIpc) is 3.42. The zero-order valence-corrected chi connectivity index (χ0v) is 14.6. The van der Waals surface area contributed by atoms with Gasteiger partial charge in [-0.25, -0.2) is 15.1 Å². The van der Waals surface area contributed by atoms with Crippen LogP contribution in [0.4, 0.5) is 0 Å². The lowest BCUT2D eigenvalue weighted by Crippen LogP contribution is -2.38. The van der Waals surface area contributed by atoms with Gasteiger partial charge in [0, 0.05) is 42.8 Å². The first kappa shape index (κ1) is 16.7. The summed E-state index contributed by atoms with van der Waals surface area (Å²) in [5.74, 6) is -0.339. The van der Waals surface area contributed by atoms with Crippen LogP contribution in [-0.4, -0.2) is 49.2 Å². The van der Waals surface area contributed by atoms with Crippen molar-refractivity contribution in [2.75, 3.05) is 13.1 Å². The third-order valence-corrected chi connectivity index (χ3v) is 5.04. The van der Waals surface area contributed by atoms with Gasteiger partial charge in [0.2, 0.25) is 5.91 Å². The maximum absolute atomic E-state index is 12.5. The van der Waals surface area contributed by atoms with Crippen LogP contribution in [-0.2, 0) is 11.2 Å². The maximum Gasteiger partial charge on any atom is 0.228 e. The molecule has 134 valence electrons. The van der Waals surface area contributed by atoms with E-state index in [1.165, 1.54) is 11.0 Å². The Morgan fingerprint density at radius 2 is 2.27 bits per heavy atom. The monoisotopic (exact) mass is 371 g/mol. The Balaban J connectivity index is 1.31. The molecule has 26 heavy (non-hydrogen) atoms. The van der Waals surface area contributed by atoms with Gasteiger partial charge in [-0.3, -0.25) is 15.2 Å². The first-order valence-corrected chi connectivity index (χ1v) is 9.02. The van der Waals surface area contributed by atoms with E-state index in [0.29, 0.717) is 19.5 Å². The van der Waals surface area contributed by atoms with E-state index >= 15 is 0 Å². The fourth-order valence-electron chi connectivity index (χ4n) is 2.76. The van der Waals surface area contributed by atoms with Crippen molar-refractivity contribution in [1.29, 1.82) is 0 Å². The number of hydrazine groups is 1. The quantitative estimate of drug-likeness (QED) is 0.543. The summed E-state index contributed by atoms with van der Waals surface area (Å²) >= 11 is 1.59. The van der Waals surface area contributed by atoms with Crippen molar-refractivity contribution in [1.82, 2.24) is 46.3 Å². The highest BCUT2D eigenvalue weighted by Gasteiger charge is 2.34. The van der Waals surface area contributed by atoms with Crippen molar-refractivity contribution < 1.29 is 4.79 Å². The number of carbonyl (C=O) groups is 1. The minimum atomic E-state index is -0.303. The molecule has 1 saturated heterocycles. The van der Waals surface area contributed by atoms with Crippen molar-refractivity contribution in [2.24, 2.45) is 5.92 Å². The highest BCUT2D eigenvalue weighted by atomic mass is 32.1. The Labute approximate surface area is 153 Å². The molecule has 0 spiro atoms. The summed E-state index contributed by atoms with van der Waals surface area (Å²) in [4.78, 5) is 21.1. The lowest BCUT2D eigenvalue weighted by molar-refractivity contribution is -0.125. The summed E-state index contributed by atoms with van der Waals surface area (Å²) in [6, 6.07) is 3.87. The minimum absolute atomic E-state index is 0.0485. The number of thiazole rings is 1. The highest BCUT2D eigenvalue weighted by molar-refractivity contribution is 7.13. The van der Waals surface area contributed by atoms with Crippen LogP contribution in [0.25, 0.3) is 10.6 Å². The Bertz CT molecular complexity index is 851. The standard InChI is InChI=1S/C15H17N9OS/c25-14(12-7-18-21-13(12)24-9-19-22-23-24)17-6-3-11-8-26-15(20-11)10-1-4-16-5-2-10/h1-2,4-5,8-9,12-13,18,21H,3,6-7H2,(H,17,25). The summed E-state index contributed by atoms with van der Waals surface area (Å²) in [7, 11) is 0. The predicted octanol–water partition coefficient (Wildman–Crippen LogP) is -0.227. The Kier molecular flexibility index (Phi) is 4.91. The van der Waals surface area contributed by atoms with Gasteiger partial charge in [-0.2, -0.15) is 0 Å². The zero-order chi connectivity index (χ0) is 17.8. The third-order valence-electron chi connectivity index (χ3n) is 4.10. The van der Waals surface area contributed by atoms with E-state index in [0.717, 1.165) is 16.3 Å². The average molecular weight is 371 g/mol. The van der Waals surface area contributed by atoms with Crippen LogP contribution in [0.1, 0.15) is 11.9 Å². The number of hydrogen-bond acceptors (Lipinski definition) is 9. The summed E-state index contributed by atoms with van der Waals surface area (Å²) in [5, 5.41) is 17.0.